The quantitative estimate of drug-likeness (QED) is 0.494. The van der Waals surface area contributed by atoms with Crippen molar-refractivity contribution in [2.24, 2.45) is 11.7 Å². The van der Waals surface area contributed by atoms with Gasteiger partial charge in [0.05, 0.1) is 5.92 Å². The van der Waals surface area contributed by atoms with E-state index in [1.807, 2.05) is 54.6 Å². The Bertz CT molecular complexity index is 1270. The summed E-state index contributed by atoms with van der Waals surface area (Å²) in [6.07, 6.45) is 1.75. The molecule has 1 fully saturated rings. The van der Waals surface area contributed by atoms with Crippen molar-refractivity contribution in [2.75, 3.05) is 18.4 Å². The average Bonchev–Trinajstić information content (AvgIpc) is 3.12. The zero-order valence-electron chi connectivity index (χ0n) is 18.2. The lowest BCUT2D eigenvalue weighted by Gasteiger charge is -2.31. The van der Waals surface area contributed by atoms with Crippen LogP contribution in [0.3, 0.4) is 0 Å². The fourth-order valence-electron chi connectivity index (χ4n) is 4.82. The number of anilines is 1. The molecule has 1 atom stereocenters. The highest BCUT2D eigenvalue weighted by Gasteiger charge is 2.27. The summed E-state index contributed by atoms with van der Waals surface area (Å²) in [6.45, 7) is 2.14. The summed E-state index contributed by atoms with van der Waals surface area (Å²) >= 11 is 0. The summed E-state index contributed by atoms with van der Waals surface area (Å²) in [6, 6.07) is 20.5. The summed E-state index contributed by atoms with van der Waals surface area (Å²) in [7, 11) is 0. The Morgan fingerprint density at radius 1 is 0.939 bits per heavy atom. The summed E-state index contributed by atoms with van der Waals surface area (Å²) in [5.74, 6) is -0.699. The summed E-state index contributed by atoms with van der Waals surface area (Å²) < 4.78 is 0. The van der Waals surface area contributed by atoms with E-state index in [0.29, 0.717) is 29.8 Å². The van der Waals surface area contributed by atoms with Gasteiger partial charge >= 0.3 is 0 Å². The number of amides is 2. The van der Waals surface area contributed by atoms with Gasteiger partial charge in [0.25, 0.3) is 5.91 Å². The molecule has 0 spiro atoms. The van der Waals surface area contributed by atoms with E-state index in [2.05, 4.69) is 10.2 Å². The number of nitrogens with two attached hydrogens (primary N) is 1. The highest BCUT2D eigenvalue weighted by atomic mass is 16.2. The van der Waals surface area contributed by atoms with Crippen LogP contribution in [0.25, 0.3) is 11.1 Å². The number of fused-ring (bicyclic) bond motifs is 3. The van der Waals surface area contributed by atoms with Gasteiger partial charge in [0.1, 0.15) is 0 Å². The van der Waals surface area contributed by atoms with Gasteiger partial charge in [0.15, 0.2) is 5.78 Å². The Morgan fingerprint density at radius 2 is 1.67 bits per heavy atom. The molecule has 3 N–H and O–H groups in total. The first-order valence-electron chi connectivity index (χ1n) is 11.2. The molecule has 0 aromatic heterocycles. The Labute approximate surface area is 192 Å². The number of hydrogen-bond acceptors (Lipinski definition) is 4. The van der Waals surface area contributed by atoms with Crippen molar-refractivity contribution in [2.45, 2.75) is 19.4 Å². The minimum atomic E-state index is -0.261. The molecule has 166 valence electrons. The number of piperidine rings is 1. The third kappa shape index (κ3) is 4.05. The fraction of sp³-hybridized carbons (Fsp3) is 0.222. The Morgan fingerprint density at radius 3 is 2.48 bits per heavy atom. The van der Waals surface area contributed by atoms with Crippen LogP contribution in [0.1, 0.15) is 44.7 Å². The van der Waals surface area contributed by atoms with E-state index in [1.165, 1.54) is 0 Å². The maximum atomic E-state index is 13.1. The second-order valence-electron chi connectivity index (χ2n) is 8.72. The van der Waals surface area contributed by atoms with E-state index in [4.69, 9.17) is 5.73 Å². The maximum Gasteiger partial charge on any atom is 0.255 e. The van der Waals surface area contributed by atoms with Crippen LogP contribution < -0.4 is 11.1 Å². The first-order valence-corrected chi connectivity index (χ1v) is 11.2. The van der Waals surface area contributed by atoms with Crippen LogP contribution in [0.15, 0.2) is 66.7 Å². The highest BCUT2D eigenvalue weighted by Crippen LogP contribution is 2.36. The number of rotatable bonds is 5. The molecule has 3 aromatic rings. The van der Waals surface area contributed by atoms with Gasteiger partial charge < -0.3 is 11.1 Å². The molecule has 33 heavy (non-hydrogen) atoms. The Kier molecular flexibility index (Phi) is 5.52. The first kappa shape index (κ1) is 21.1. The number of ketones is 1. The zero-order chi connectivity index (χ0) is 22.9. The molecule has 6 nitrogen and oxygen atoms in total. The lowest BCUT2D eigenvalue weighted by atomic mass is 9.97. The SMILES string of the molecule is NC(=O)C1CCCN(Cc2ccccc2NC(=O)c2ccc3c(c2)C(=O)c2ccccc2-3)C1. The van der Waals surface area contributed by atoms with E-state index in [-0.39, 0.29) is 23.5 Å². The van der Waals surface area contributed by atoms with Gasteiger partial charge in [-0.3, -0.25) is 19.3 Å². The molecule has 1 heterocycles. The highest BCUT2D eigenvalue weighted by molar-refractivity contribution is 6.22. The van der Waals surface area contributed by atoms with Gasteiger partial charge in [-0.1, -0.05) is 48.5 Å². The predicted octanol–water partition coefficient (Wildman–Crippen LogP) is 3.85. The van der Waals surface area contributed by atoms with Crippen LogP contribution in [0.4, 0.5) is 5.69 Å². The molecule has 1 unspecified atom stereocenters. The molecule has 0 saturated carbocycles. The topological polar surface area (TPSA) is 92.5 Å². The zero-order valence-corrected chi connectivity index (χ0v) is 18.2. The van der Waals surface area contributed by atoms with Crippen LogP contribution in [0.2, 0.25) is 0 Å². The van der Waals surface area contributed by atoms with E-state index in [0.717, 1.165) is 41.8 Å². The molecular weight excluding hydrogens is 414 g/mol. The van der Waals surface area contributed by atoms with Crippen LogP contribution >= 0.6 is 0 Å². The van der Waals surface area contributed by atoms with Crippen LogP contribution in [0, 0.1) is 5.92 Å². The van der Waals surface area contributed by atoms with Gasteiger partial charge in [0, 0.05) is 35.5 Å². The second-order valence-corrected chi connectivity index (χ2v) is 8.72. The van der Waals surface area contributed by atoms with Crippen LogP contribution in [0.5, 0.6) is 0 Å². The number of carbonyl (C=O) groups is 3. The van der Waals surface area contributed by atoms with E-state index in [9.17, 15) is 14.4 Å². The predicted molar refractivity (Wildman–Crippen MR) is 127 cm³/mol. The molecule has 0 bridgehead atoms. The van der Waals surface area contributed by atoms with Gasteiger partial charge in [-0.05, 0) is 54.3 Å². The minimum Gasteiger partial charge on any atom is -0.369 e. The third-order valence-corrected chi connectivity index (χ3v) is 6.56. The lowest BCUT2D eigenvalue weighted by Crippen LogP contribution is -2.40. The number of para-hydroxylation sites is 1. The molecule has 0 radical (unpaired) electrons. The molecule has 6 heteroatoms. The normalized spacial score (nSPS) is 17.3. The number of carbonyl (C=O) groups excluding carboxylic acids is 3. The largest absolute Gasteiger partial charge is 0.369 e. The average molecular weight is 440 g/mol. The van der Waals surface area contributed by atoms with Crippen molar-refractivity contribution in [3.63, 3.8) is 0 Å². The van der Waals surface area contributed by atoms with Gasteiger partial charge in [0.2, 0.25) is 5.91 Å². The number of hydrogen-bond donors (Lipinski definition) is 2. The lowest BCUT2D eigenvalue weighted by molar-refractivity contribution is -0.123. The molecule has 2 aliphatic rings. The third-order valence-electron chi connectivity index (χ3n) is 6.56. The molecule has 5 rings (SSSR count). The standard InChI is InChI=1S/C27H25N3O3/c28-26(32)19-7-5-13-30(16-19)15-18-6-1-4-10-24(18)29-27(33)17-11-12-21-20-8-2-3-9-22(20)25(31)23(21)14-17/h1-4,6,8-12,14,19H,5,7,13,15-16H2,(H2,28,32)(H,29,33). The summed E-state index contributed by atoms with van der Waals surface area (Å²) in [5.41, 5.74) is 10.6. The van der Waals surface area contributed by atoms with Crippen molar-refractivity contribution < 1.29 is 14.4 Å². The summed E-state index contributed by atoms with van der Waals surface area (Å²) in [4.78, 5) is 39.7. The van der Waals surface area contributed by atoms with E-state index < -0.39 is 0 Å². The monoisotopic (exact) mass is 439 g/mol. The number of benzene rings is 3. The first-order chi connectivity index (χ1) is 16.0. The van der Waals surface area contributed by atoms with E-state index in [1.54, 1.807) is 12.1 Å². The molecule has 1 aliphatic carbocycles. The van der Waals surface area contributed by atoms with Crippen molar-refractivity contribution in [1.82, 2.24) is 4.90 Å². The Hall–Kier alpha value is -3.77. The smallest absolute Gasteiger partial charge is 0.255 e. The summed E-state index contributed by atoms with van der Waals surface area (Å²) in [5, 5.41) is 3.01. The fourth-order valence-corrected chi connectivity index (χ4v) is 4.82. The molecular formula is C27H25N3O3. The van der Waals surface area contributed by atoms with Crippen LogP contribution in [-0.4, -0.2) is 35.6 Å². The van der Waals surface area contributed by atoms with E-state index >= 15 is 0 Å². The van der Waals surface area contributed by atoms with Gasteiger partial charge in [-0.15, -0.1) is 0 Å². The van der Waals surface area contributed by atoms with Crippen molar-refractivity contribution in [3.05, 3.63) is 89.0 Å². The molecule has 2 amide bonds. The van der Waals surface area contributed by atoms with Crippen molar-refractivity contribution in [3.8, 4) is 11.1 Å². The molecule has 1 saturated heterocycles. The molecule has 1 aliphatic heterocycles. The van der Waals surface area contributed by atoms with Gasteiger partial charge in [-0.25, -0.2) is 0 Å². The number of likely N-dealkylation sites (tertiary alicyclic amines) is 1. The maximum absolute atomic E-state index is 13.1. The minimum absolute atomic E-state index is 0.0512. The van der Waals surface area contributed by atoms with Crippen molar-refractivity contribution in [1.29, 1.82) is 0 Å². The second kappa shape index (κ2) is 8.64. The number of nitrogens with one attached hydrogen (secondary N) is 1. The number of nitrogens with zero attached hydrogens (tertiary/aromatic N) is 1. The van der Waals surface area contributed by atoms with Crippen molar-refractivity contribution >= 4 is 23.3 Å². The van der Waals surface area contributed by atoms with Gasteiger partial charge in [-0.2, -0.15) is 0 Å². The van der Waals surface area contributed by atoms with Crippen LogP contribution in [-0.2, 0) is 11.3 Å². The Balaban J connectivity index is 1.34. The molecule has 3 aromatic carbocycles. The number of primary amides is 1.